The van der Waals surface area contributed by atoms with Gasteiger partial charge in [-0.2, -0.15) is 5.10 Å². The number of nitrogens with one attached hydrogen (secondary N) is 4. The van der Waals surface area contributed by atoms with Crippen molar-refractivity contribution in [2.75, 3.05) is 17.2 Å². The largest absolute Gasteiger partial charge is 0.339 e. The Labute approximate surface area is 139 Å². The lowest BCUT2D eigenvalue weighted by atomic mass is 10.0. The van der Waals surface area contributed by atoms with Crippen molar-refractivity contribution in [3.8, 4) is 0 Å². The van der Waals surface area contributed by atoms with Crippen molar-refractivity contribution in [1.82, 2.24) is 25.5 Å². The van der Waals surface area contributed by atoms with Gasteiger partial charge in [-0.15, -0.1) is 0 Å². The number of benzene rings is 1. The number of rotatable bonds is 4. The highest BCUT2D eigenvalue weighted by atomic mass is 15.2. The maximum Gasteiger partial charge on any atom is 0.153 e. The van der Waals surface area contributed by atoms with Gasteiger partial charge in [-0.25, -0.2) is 4.98 Å². The van der Waals surface area contributed by atoms with Crippen molar-refractivity contribution in [2.45, 2.75) is 19.9 Å². The Hall–Kier alpha value is -2.93. The molecule has 0 amide bonds. The third kappa shape index (κ3) is 3.21. The van der Waals surface area contributed by atoms with E-state index >= 15 is 0 Å². The Morgan fingerprint density at radius 3 is 2.71 bits per heavy atom. The summed E-state index contributed by atoms with van der Waals surface area (Å²) in [4.78, 5) is 8.76. The fraction of sp³-hybridized carbons (Fsp3) is 0.235. The minimum Gasteiger partial charge on any atom is -0.339 e. The summed E-state index contributed by atoms with van der Waals surface area (Å²) in [6, 6.07) is 8.35. The lowest BCUT2D eigenvalue weighted by molar-refractivity contribution is 0.644. The van der Waals surface area contributed by atoms with Crippen molar-refractivity contribution in [3.63, 3.8) is 0 Å². The third-order valence-electron chi connectivity index (χ3n) is 3.96. The van der Waals surface area contributed by atoms with E-state index in [1.165, 1.54) is 11.1 Å². The van der Waals surface area contributed by atoms with Crippen molar-refractivity contribution in [3.05, 3.63) is 53.5 Å². The van der Waals surface area contributed by atoms with Gasteiger partial charge in [0, 0.05) is 24.0 Å². The number of anilines is 4. The highest BCUT2D eigenvalue weighted by Crippen LogP contribution is 2.22. The highest BCUT2D eigenvalue weighted by molar-refractivity contribution is 5.60. The Kier molecular flexibility index (Phi) is 3.84. The van der Waals surface area contributed by atoms with Crippen LogP contribution in [0.3, 0.4) is 0 Å². The highest BCUT2D eigenvalue weighted by Gasteiger charge is 2.09. The smallest absolute Gasteiger partial charge is 0.153 e. The van der Waals surface area contributed by atoms with E-state index in [2.05, 4.69) is 54.3 Å². The van der Waals surface area contributed by atoms with Crippen LogP contribution in [0.25, 0.3) is 0 Å². The first-order valence-corrected chi connectivity index (χ1v) is 7.97. The van der Waals surface area contributed by atoms with E-state index in [1.807, 2.05) is 13.0 Å². The maximum atomic E-state index is 4.53. The van der Waals surface area contributed by atoms with E-state index in [4.69, 9.17) is 0 Å². The molecule has 1 aliphatic heterocycles. The molecule has 2 aromatic heterocycles. The van der Waals surface area contributed by atoms with Crippen LogP contribution in [0, 0.1) is 6.92 Å². The van der Waals surface area contributed by atoms with Crippen LogP contribution in [0.4, 0.5) is 23.1 Å². The number of aryl methyl sites for hydroxylation is 1. The van der Waals surface area contributed by atoms with Gasteiger partial charge in [0.25, 0.3) is 0 Å². The molecule has 4 N–H and O–H groups in total. The van der Waals surface area contributed by atoms with Crippen LogP contribution in [-0.4, -0.2) is 26.7 Å². The number of H-pyrrole nitrogens is 1. The van der Waals surface area contributed by atoms with Crippen LogP contribution in [0.5, 0.6) is 0 Å². The van der Waals surface area contributed by atoms with E-state index in [9.17, 15) is 0 Å². The van der Waals surface area contributed by atoms with Crippen LogP contribution in [0.2, 0.25) is 0 Å². The summed E-state index contributed by atoms with van der Waals surface area (Å²) in [6.07, 6.45) is 4.46. The van der Waals surface area contributed by atoms with Gasteiger partial charge in [-0.3, -0.25) is 10.1 Å². The molecule has 4 rings (SSSR count). The Balaban J connectivity index is 1.51. The van der Waals surface area contributed by atoms with Gasteiger partial charge in [-0.1, -0.05) is 6.07 Å². The van der Waals surface area contributed by atoms with Crippen LogP contribution in [-0.2, 0) is 13.0 Å². The van der Waals surface area contributed by atoms with Crippen molar-refractivity contribution >= 4 is 23.1 Å². The SMILES string of the molecule is Cc1cc(Nc2cncc(Nc3ccc4c(c3)CNCC4)n2)n[nH]1. The lowest BCUT2D eigenvalue weighted by Crippen LogP contribution is -2.23. The number of aromatic amines is 1. The number of nitrogens with zero attached hydrogens (tertiary/aromatic N) is 3. The van der Waals surface area contributed by atoms with Crippen LogP contribution >= 0.6 is 0 Å². The predicted octanol–water partition coefficient (Wildman–Crippen LogP) is 2.64. The zero-order chi connectivity index (χ0) is 16.4. The van der Waals surface area contributed by atoms with Crippen molar-refractivity contribution in [1.29, 1.82) is 0 Å². The molecule has 0 bridgehead atoms. The second-order valence-corrected chi connectivity index (χ2v) is 5.89. The topological polar surface area (TPSA) is 90.6 Å². The molecule has 7 nitrogen and oxygen atoms in total. The molecule has 0 aliphatic carbocycles. The van der Waals surface area contributed by atoms with E-state index in [0.717, 1.165) is 36.7 Å². The number of fused-ring (bicyclic) bond motifs is 1. The summed E-state index contributed by atoms with van der Waals surface area (Å²) in [6.45, 7) is 3.91. The minimum atomic E-state index is 0.645. The fourth-order valence-electron chi connectivity index (χ4n) is 2.81. The zero-order valence-corrected chi connectivity index (χ0v) is 13.4. The summed E-state index contributed by atoms with van der Waals surface area (Å²) in [7, 11) is 0. The molecule has 1 aromatic carbocycles. The molecule has 24 heavy (non-hydrogen) atoms. The van der Waals surface area contributed by atoms with E-state index in [1.54, 1.807) is 12.4 Å². The molecular weight excluding hydrogens is 302 g/mol. The van der Waals surface area contributed by atoms with Gasteiger partial charge in [-0.05, 0) is 43.1 Å². The molecule has 0 saturated heterocycles. The lowest BCUT2D eigenvalue weighted by Gasteiger charge is -2.18. The monoisotopic (exact) mass is 321 g/mol. The molecule has 0 radical (unpaired) electrons. The molecule has 3 aromatic rings. The summed E-state index contributed by atoms with van der Waals surface area (Å²) in [5, 5.41) is 16.9. The standard InChI is InChI=1S/C17H19N7/c1-11-6-15(24-23-11)21-17-10-19-9-16(22-17)20-14-3-2-12-4-5-18-8-13(12)7-14/h2-3,6-7,9-10,18H,4-5,8H2,1H3,(H3,20,21,22,23,24). The fourth-order valence-corrected chi connectivity index (χ4v) is 2.81. The first-order valence-electron chi connectivity index (χ1n) is 7.97. The Morgan fingerprint density at radius 2 is 1.88 bits per heavy atom. The minimum absolute atomic E-state index is 0.645. The second-order valence-electron chi connectivity index (χ2n) is 5.89. The molecule has 3 heterocycles. The molecule has 1 aliphatic rings. The summed E-state index contributed by atoms with van der Waals surface area (Å²) in [5.41, 5.74) is 4.75. The summed E-state index contributed by atoms with van der Waals surface area (Å²) in [5.74, 6) is 2.06. The Bertz CT molecular complexity index is 856. The predicted molar refractivity (Wildman–Crippen MR) is 93.8 cm³/mol. The average Bonchev–Trinajstić information content (AvgIpc) is 3.00. The van der Waals surface area contributed by atoms with Gasteiger partial charge in [0.1, 0.15) is 0 Å². The van der Waals surface area contributed by atoms with Crippen LogP contribution < -0.4 is 16.0 Å². The van der Waals surface area contributed by atoms with Crippen LogP contribution in [0.15, 0.2) is 36.7 Å². The van der Waals surface area contributed by atoms with Gasteiger partial charge in [0.15, 0.2) is 17.5 Å². The van der Waals surface area contributed by atoms with Gasteiger partial charge in [0.05, 0.1) is 12.4 Å². The van der Waals surface area contributed by atoms with E-state index in [0.29, 0.717) is 11.6 Å². The van der Waals surface area contributed by atoms with Crippen LogP contribution in [0.1, 0.15) is 16.8 Å². The van der Waals surface area contributed by atoms with Gasteiger partial charge < -0.3 is 16.0 Å². The van der Waals surface area contributed by atoms with Crippen molar-refractivity contribution in [2.24, 2.45) is 0 Å². The molecular formula is C17H19N7. The number of hydrogen-bond acceptors (Lipinski definition) is 6. The summed E-state index contributed by atoms with van der Waals surface area (Å²) >= 11 is 0. The van der Waals surface area contributed by atoms with E-state index in [-0.39, 0.29) is 0 Å². The molecule has 0 saturated carbocycles. The normalized spacial score (nSPS) is 13.4. The number of hydrogen-bond donors (Lipinski definition) is 4. The Morgan fingerprint density at radius 1 is 1.00 bits per heavy atom. The molecule has 0 unspecified atom stereocenters. The summed E-state index contributed by atoms with van der Waals surface area (Å²) < 4.78 is 0. The van der Waals surface area contributed by atoms with Gasteiger partial charge in [0.2, 0.25) is 0 Å². The van der Waals surface area contributed by atoms with Gasteiger partial charge >= 0.3 is 0 Å². The molecule has 0 spiro atoms. The molecule has 7 heteroatoms. The zero-order valence-electron chi connectivity index (χ0n) is 13.4. The van der Waals surface area contributed by atoms with Crippen molar-refractivity contribution < 1.29 is 0 Å². The third-order valence-corrected chi connectivity index (χ3v) is 3.96. The molecule has 122 valence electrons. The molecule has 0 fully saturated rings. The first-order chi connectivity index (χ1) is 11.8. The quantitative estimate of drug-likeness (QED) is 0.590. The first kappa shape index (κ1) is 14.6. The maximum absolute atomic E-state index is 4.53. The average molecular weight is 321 g/mol. The van der Waals surface area contributed by atoms with E-state index < -0.39 is 0 Å². The number of aromatic nitrogens is 4. The molecule has 0 atom stereocenters. The second kappa shape index (κ2) is 6.29.